The second-order valence-corrected chi connectivity index (χ2v) is 6.96. The second kappa shape index (κ2) is 7.40. The van der Waals surface area contributed by atoms with Crippen molar-refractivity contribution in [1.29, 1.82) is 0 Å². The van der Waals surface area contributed by atoms with Gasteiger partial charge in [-0.2, -0.15) is 0 Å². The predicted molar refractivity (Wildman–Crippen MR) is 98.5 cm³/mol. The minimum absolute atomic E-state index is 0.0187. The van der Waals surface area contributed by atoms with Crippen LogP contribution in [0.25, 0.3) is 0 Å². The molecule has 1 N–H and O–H groups in total. The number of rotatable bonds is 6. The van der Waals surface area contributed by atoms with Crippen molar-refractivity contribution in [3.8, 4) is 0 Å². The summed E-state index contributed by atoms with van der Waals surface area (Å²) in [4.78, 5) is 15.2. The van der Waals surface area contributed by atoms with E-state index in [0.29, 0.717) is 5.76 Å². The maximum Gasteiger partial charge on any atom is 0.231 e. The molecule has 0 radical (unpaired) electrons. The van der Waals surface area contributed by atoms with E-state index >= 15 is 0 Å². The Balaban J connectivity index is 1.74. The molecule has 1 atom stereocenters. The molecule has 0 aliphatic carbocycles. The van der Waals surface area contributed by atoms with Gasteiger partial charge in [-0.15, -0.1) is 0 Å². The van der Waals surface area contributed by atoms with E-state index < -0.39 is 0 Å². The third-order valence-electron chi connectivity index (χ3n) is 5.05. The SMILES string of the molecule is CCCCN1Cc2cccc(NC(=O)C(C)c3c(C)noc3C)c2C1. The fraction of sp³-hybridized carbons (Fsp3) is 0.500. The highest BCUT2D eigenvalue weighted by Crippen LogP contribution is 2.31. The van der Waals surface area contributed by atoms with Crippen molar-refractivity contribution in [3.05, 3.63) is 46.3 Å². The van der Waals surface area contributed by atoms with Crippen LogP contribution < -0.4 is 5.32 Å². The molecule has 0 saturated heterocycles. The molecule has 3 rings (SSSR count). The maximum absolute atomic E-state index is 12.8. The van der Waals surface area contributed by atoms with Gasteiger partial charge in [0.15, 0.2) is 0 Å². The van der Waals surface area contributed by atoms with Gasteiger partial charge in [0.2, 0.25) is 5.91 Å². The molecule has 0 bridgehead atoms. The molecule has 1 aromatic heterocycles. The zero-order chi connectivity index (χ0) is 18.0. The van der Waals surface area contributed by atoms with Gasteiger partial charge in [0.1, 0.15) is 5.76 Å². The number of amides is 1. The largest absolute Gasteiger partial charge is 0.361 e. The number of anilines is 1. The molecular weight excluding hydrogens is 314 g/mol. The highest BCUT2D eigenvalue weighted by molar-refractivity contribution is 5.96. The fourth-order valence-electron chi connectivity index (χ4n) is 3.63. The van der Waals surface area contributed by atoms with Gasteiger partial charge in [-0.25, -0.2) is 0 Å². The molecule has 134 valence electrons. The van der Waals surface area contributed by atoms with Gasteiger partial charge in [-0.3, -0.25) is 9.69 Å². The van der Waals surface area contributed by atoms with Crippen LogP contribution in [0.1, 0.15) is 60.8 Å². The van der Waals surface area contributed by atoms with Gasteiger partial charge in [0, 0.05) is 24.3 Å². The van der Waals surface area contributed by atoms with Gasteiger partial charge >= 0.3 is 0 Å². The first-order valence-electron chi connectivity index (χ1n) is 9.08. The second-order valence-electron chi connectivity index (χ2n) is 6.96. The molecule has 1 aliphatic heterocycles. The Morgan fingerprint density at radius 3 is 2.84 bits per heavy atom. The molecular formula is C20H27N3O2. The Kier molecular flexibility index (Phi) is 5.23. The number of hydrogen-bond acceptors (Lipinski definition) is 4. The lowest BCUT2D eigenvalue weighted by molar-refractivity contribution is -0.117. The minimum atomic E-state index is -0.292. The number of fused-ring (bicyclic) bond motifs is 1. The van der Waals surface area contributed by atoms with Crippen LogP contribution in [0.15, 0.2) is 22.7 Å². The monoisotopic (exact) mass is 341 g/mol. The number of unbranched alkanes of at least 4 members (excludes halogenated alkanes) is 1. The molecule has 1 amide bonds. The van der Waals surface area contributed by atoms with Gasteiger partial charge < -0.3 is 9.84 Å². The summed E-state index contributed by atoms with van der Waals surface area (Å²) >= 11 is 0. The molecule has 5 nitrogen and oxygen atoms in total. The predicted octanol–water partition coefficient (Wildman–Crippen LogP) is 4.15. The molecule has 1 unspecified atom stereocenters. The summed E-state index contributed by atoms with van der Waals surface area (Å²) in [6, 6.07) is 6.19. The number of benzene rings is 1. The van der Waals surface area contributed by atoms with E-state index in [-0.39, 0.29) is 11.8 Å². The molecule has 0 saturated carbocycles. The Morgan fingerprint density at radius 1 is 1.36 bits per heavy atom. The van der Waals surface area contributed by atoms with Crippen LogP contribution in [0.5, 0.6) is 0 Å². The normalized spacial score (nSPS) is 15.2. The van der Waals surface area contributed by atoms with Crippen molar-refractivity contribution >= 4 is 11.6 Å². The number of aromatic nitrogens is 1. The summed E-state index contributed by atoms with van der Waals surface area (Å²) in [6.45, 7) is 10.8. The van der Waals surface area contributed by atoms with Crippen molar-refractivity contribution in [2.24, 2.45) is 0 Å². The molecule has 1 aromatic carbocycles. The van der Waals surface area contributed by atoms with Crippen LogP contribution >= 0.6 is 0 Å². The molecule has 2 aromatic rings. The fourth-order valence-corrected chi connectivity index (χ4v) is 3.63. The lowest BCUT2D eigenvalue weighted by Gasteiger charge is -2.15. The van der Waals surface area contributed by atoms with Crippen LogP contribution in [-0.2, 0) is 17.9 Å². The number of nitrogens with zero attached hydrogens (tertiary/aromatic N) is 2. The van der Waals surface area contributed by atoms with E-state index in [2.05, 4.69) is 28.4 Å². The van der Waals surface area contributed by atoms with Gasteiger partial charge in [-0.1, -0.05) is 30.6 Å². The van der Waals surface area contributed by atoms with Crippen LogP contribution in [0, 0.1) is 13.8 Å². The first-order valence-corrected chi connectivity index (χ1v) is 9.08. The molecule has 5 heteroatoms. The highest BCUT2D eigenvalue weighted by atomic mass is 16.5. The molecule has 1 aliphatic rings. The van der Waals surface area contributed by atoms with Gasteiger partial charge in [0.05, 0.1) is 11.6 Å². The smallest absolute Gasteiger partial charge is 0.231 e. The van der Waals surface area contributed by atoms with Crippen molar-refractivity contribution < 1.29 is 9.32 Å². The van der Waals surface area contributed by atoms with Crippen molar-refractivity contribution in [3.63, 3.8) is 0 Å². The van der Waals surface area contributed by atoms with Crippen LogP contribution in [0.3, 0.4) is 0 Å². The Morgan fingerprint density at radius 2 is 2.16 bits per heavy atom. The maximum atomic E-state index is 12.8. The number of carbonyl (C=O) groups excluding carboxylic acids is 1. The number of aryl methyl sites for hydroxylation is 2. The first kappa shape index (κ1) is 17.7. The standard InChI is InChI=1S/C20H27N3O2/c1-5-6-10-23-11-16-8-7-9-18(17(16)12-23)21-20(24)13(2)19-14(3)22-25-15(19)4/h7-9,13H,5-6,10-12H2,1-4H3,(H,21,24). The van der Waals surface area contributed by atoms with Crippen LogP contribution in [0.4, 0.5) is 5.69 Å². The summed E-state index contributed by atoms with van der Waals surface area (Å²) in [5, 5.41) is 7.09. The average Bonchev–Trinajstić information content (AvgIpc) is 3.16. The summed E-state index contributed by atoms with van der Waals surface area (Å²) in [5.74, 6) is 0.402. The highest BCUT2D eigenvalue weighted by Gasteiger charge is 2.26. The van der Waals surface area contributed by atoms with Crippen molar-refractivity contribution in [2.45, 2.75) is 59.5 Å². The average molecular weight is 341 g/mol. The minimum Gasteiger partial charge on any atom is -0.361 e. The third kappa shape index (κ3) is 3.61. The Hall–Kier alpha value is -2.14. The van der Waals surface area contributed by atoms with Crippen LogP contribution in [-0.4, -0.2) is 22.5 Å². The summed E-state index contributed by atoms with van der Waals surface area (Å²) < 4.78 is 5.21. The zero-order valence-electron chi connectivity index (χ0n) is 15.6. The van der Waals surface area contributed by atoms with E-state index in [1.54, 1.807) is 0 Å². The van der Waals surface area contributed by atoms with E-state index in [1.807, 2.05) is 32.9 Å². The lowest BCUT2D eigenvalue weighted by Crippen LogP contribution is -2.21. The third-order valence-corrected chi connectivity index (χ3v) is 5.05. The van der Waals surface area contributed by atoms with Gasteiger partial charge in [-0.05, 0) is 50.9 Å². The van der Waals surface area contributed by atoms with E-state index in [9.17, 15) is 4.79 Å². The Labute approximate surface area is 149 Å². The topological polar surface area (TPSA) is 58.4 Å². The lowest BCUT2D eigenvalue weighted by atomic mass is 9.98. The Bertz CT molecular complexity index is 747. The van der Waals surface area contributed by atoms with E-state index in [1.165, 1.54) is 24.0 Å². The quantitative estimate of drug-likeness (QED) is 0.857. The summed E-state index contributed by atoms with van der Waals surface area (Å²) in [7, 11) is 0. The van der Waals surface area contributed by atoms with Crippen molar-refractivity contribution in [2.75, 3.05) is 11.9 Å². The molecule has 25 heavy (non-hydrogen) atoms. The summed E-state index contributed by atoms with van der Waals surface area (Å²) in [6.07, 6.45) is 2.41. The van der Waals surface area contributed by atoms with E-state index in [0.717, 1.165) is 36.6 Å². The van der Waals surface area contributed by atoms with Crippen molar-refractivity contribution in [1.82, 2.24) is 10.1 Å². The van der Waals surface area contributed by atoms with Gasteiger partial charge in [0.25, 0.3) is 0 Å². The summed E-state index contributed by atoms with van der Waals surface area (Å²) in [5.41, 5.74) is 5.16. The number of carbonyl (C=O) groups is 1. The zero-order valence-corrected chi connectivity index (χ0v) is 15.6. The van der Waals surface area contributed by atoms with E-state index in [4.69, 9.17) is 4.52 Å². The molecule has 2 heterocycles. The molecule has 0 fully saturated rings. The van der Waals surface area contributed by atoms with Crippen LogP contribution in [0.2, 0.25) is 0 Å². The number of hydrogen-bond donors (Lipinski definition) is 1. The number of nitrogens with one attached hydrogen (secondary N) is 1. The first-order chi connectivity index (χ1) is 12.0. The molecule has 0 spiro atoms.